The fourth-order valence-electron chi connectivity index (χ4n) is 2.28. The first-order valence-corrected chi connectivity index (χ1v) is 9.11. The third kappa shape index (κ3) is 4.66. The second-order valence-corrected chi connectivity index (χ2v) is 6.61. The van der Waals surface area contributed by atoms with Crippen molar-refractivity contribution in [1.29, 1.82) is 0 Å². The molecule has 4 nitrogen and oxygen atoms in total. The second-order valence-electron chi connectivity index (χ2n) is 5.31. The highest BCUT2D eigenvalue weighted by Crippen LogP contribution is 2.30. The van der Waals surface area contributed by atoms with Gasteiger partial charge in [0.05, 0.1) is 5.69 Å². The van der Waals surface area contributed by atoms with Gasteiger partial charge in [0.15, 0.2) is 0 Å². The number of ether oxygens (including phenoxy) is 1. The van der Waals surface area contributed by atoms with Crippen LogP contribution in [-0.4, -0.2) is 24.1 Å². The highest BCUT2D eigenvalue weighted by atomic mass is 35.5. The number of carbonyl (C=O) groups excluding carboxylic acids is 1. The number of nitrogens with zero attached hydrogens (tertiary/aromatic N) is 1. The molecule has 25 heavy (non-hydrogen) atoms. The third-order valence-corrected chi connectivity index (χ3v) is 4.62. The van der Waals surface area contributed by atoms with E-state index in [0.717, 1.165) is 27.5 Å². The molecule has 0 aliphatic heterocycles. The number of hydrogen-bond acceptors (Lipinski definition) is 4. The number of amides is 1. The van der Waals surface area contributed by atoms with Gasteiger partial charge in [0, 0.05) is 33.8 Å². The fraction of sp³-hybridized carbons (Fsp3) is 0.158. The van der Waals surface area contributed by atoms with E-state index in [9.17, 15) is 4.79 Å². The van der Waals surface area contributed by atoms with Crippen LogP contribution in [0.4, 0.5) is 5.69 Å². The van der Waals surface area contributed by atoms with Crippen LogP contribution in [0.15, 0.2) is 53.9 Å². The molecule has 2 aromatic carbocycles. The van der Waals surface area contributed by atoms with Crippen molar-refractivity contribution in [2.45, 2.75) is 6.92 Å². The molecule has 1 amide bonds. The molecule has 0 fully saturated rings. The SMILES string of the molecule is CCOCC(=O)Nc1cccc(-c2csc(-c3ccc(Cl)cc3)n2)c1. The molecule has 6 heteroatoms. The number of anilines is 1. The summed E-state index contributed by atoms with van der Waals surface area (Å²) < 4.78 is 5.11. The van der Waals surface area contributed by atoms with Gasteiger partial charge in [0.2, 0.25) is 5.91 Å². The molecule has 0 bridgehead atoms. The maximum atomic E-state index is 11.8. The van der Waals surface area contributed by atoms with Crippen molar-refractivity contribution in [3.63, 3.8) is 0 Å². The summed E-state index contributed by atoms with van der Waals surface area (Å²) in [6.07, 6.45) is 0. The first-order valence-electron chi connectivity index (χ1n) is 7.85. The second kappa shape index (κ2) is 8.25. The maximum absolute atomic E-state index is 11.8. The van der Waals surface area contributed by atoms with Crippen molar-refractivity contribution in [3.8, 4) is 21.8 Å². The minimum Gasteiger partial charge on any atom is -0.372 e. The van der Waals surface area contributed by atoms with Crippen LogP contribution in [0.5, 0.6) is 0 Å². The average molecular weight is 373 g/mol. The van der Waals surface area contributed by atoms with Crippen LogP contribution in [0.2, 0.25) is 5.02 Å². The molecule has 0 saturated carbocycles. The lowest BCUT2D eigenvalue weighted by molar-refractivity contribution is -0.120. The molecule has 0 unspecified atom stereocenters. The smallest absolute Gasteiger partial charge is 0.250 e. The van der Waals surface area contributed by atoms with Crippen molar-refractivity contribution < 1.29 is 9.53 Å². The van der Waals surface area contributed by atoms with Crippen LogP contribution in [0.1, 0.15) is 6.92 Å². The maximum Gasteiger partial charge on any atom is 0.250 e. The Bertz CT molecular complexity index is 862. The Balaban J connectivity index is 1.77. The number of carbonyl (C=O) groups is 1. The van der Waals surface area contributed by atoms with Gasteiger partial charge in [0.25, 0.3) is 0 Å². The molecule has 0 aliphatic rings. The summed E-state index contributed by atoms with van der Waals surface area (Å²) in [4.78, 5) is 16.5. The van der Waals surface area contributed by atoms with Crippen LogP contribution >= 0.6 is 22.9 Å². The number of benzene rings is 2. The molecule has 1 aromatic heterocycles. The Morgan fingerprint density at radius 1 is 1.20 bits per heavy atom. The molecule has 0 aliphatic carbocycles. The van der Waals surface area contributed by atoms with Crippen molar-refractivity contribution in [2.24, 2.45) is 0 Å². The summed E-state index contributed by atoms with van der Waals surface area (Å²) in [5.41, 5.74) is 3.58. The predicted molar refractivity (Wildman–Crippen MR) is 103 cm³/mol. The van der Waals surface area contributed by atoms with Crippen molar-refractivity contribution >= 4 is 34.5 Å². The minimum absolute atomic E-state index is 0.0537. The quantitative estimate of drug-likeness (QED) is 0.654. The summed E-state index contributed by atoms with van der Waals surface area (Å²) in [5, 5.41) is 6.47. The lowest BCUT2D eigenvalue weighted by atomic mass is 10.1. The summed E-state index contributed by atoms with van der Waals surface area (Å²) in [6, 6.07) is 15.2. The van der Waals surface area contributed by atoms with Crippen LogP contribution < -0.4 is 5.32 Å². The predicted octanol–water partition coefficient (Wildman–Crippen LogP) is 5.11. The molecule has 1 heterocycles. The molecule has 128 valence electrons. The summed E-state index contributed by atoms with van der Waals surface area (Å²) in [7, 11) is 0. The Hall–Kier alpha value is -2.21. The van der Waals surface area contributed by atoms with Gasteiger partial charge in [-0.3, -0.25) is 4.79 Å². The molecule has 3 aromatic rings. The highest BCUT2D eigenvalue weighted by molar-refractivity contribution is 7.13. The minimum atomic E-state index is -0.167. The van der Waals surface area contributed by atoms with Gasteiger partial charge in [0.1, 0.15) is 11.6 Å². The lowest BCUT2D eigenvalue weighted by Crippen LogP contribution is -2.18. The molecular weight excluding hydrogens is 356 g/mol. The van der Waals surface area contributed by atoms with Gasteiger partial charge in [-0.1, -0.05) is 35.9 Å². The van der Waals surface area contributed by atoms with Crippen LogP contribution in [0.25, 0.3) is 21.8 Å². The largest absolute Gasteiger partial charge is 0.372 e. The van der Waals surface area contributed by atoms with E-state index in [2.05, 4.69) is 10.3 Å². The van der Waals surface area contributed by atoms with Gasteiger partial charge >= 0.3 is 0 Å². The number of hydrogen-bond donors (Lipinski definition) is 1. The normalized spacial score (nSPS) is 10.6. The first-order chi connectivity index (χ1) is 12.2. The van der Waals surface area contributed by atoms with Crippen LogP contribution in [0, 0.1) is 0 Å². The molecule has 0 atom stereocenters. The topological polar surface area (TPSA) is 51.2 Å². The fourth-order valence-corrected chi connectivity index (χ4v) is 3.24. The van der Waals surface area contributed by atoms with Gasteiger partial charge in [-0.15, -0.1) is 11.3 Å². The molecule has 0 saturated heterocycles. The van der Waals surface area contributed by atoms with Crippen molar-refractivity contribution in [3.05, 3.63) is 58.9 Å². The summed E-state index contributed by atoms with van der Waals surface area (Å²) in [6.45, 7) is 2.42. The Morgan fingerprint density at radius 3 is 2.76 bits per heavy atom. The van der Waals surface area contributed by atoms with Gasteiger partial charge in [-0.05, 0) is 31.2 Å². The first kappa shape index (κ1) is 17.6. The van der Waals surface area contributed by atoms with Crippen molar-refractivity contribution in [1.82, 2.24) is 4.98 Å². The zero-order valence-electron chi connectivity index (χ0n) is 13.7. The van der Waals surface area contributed by atoms with Gasteiger partial charge < -0.3 is 10.1 Å². The molecule has 0 radical (unpaired) electrons. The Labute approximate surface area is 155 Å². The number of rotatable bonds is 6. The number of thiazole rings is 1. The van der Waals surface area contributed by atoms with Gasteiger partial charge in [-0.2, -0.15) is 0 Å². The summed E-state index contributed by atoms with van der Waals surface area (Å²) in [5.74, 6) is -0.167. The third-order valence-electron chi connectivity index (χ3n) is 3.47. The summed E-state index contributed by atoms with van der Waals surface area (Å²) >= 11 is 7.50. The molecular formula is C19H17ClN2O2S. The lowest BCUT2D eigenvalue weighted by Gasteiger charge is -2.06. The van der Waals surface area contributed by atoms with Gasteiger partial charge in [-0.25, -0.2) is 4.98 Å². The van der Waals surface area contributed by atoms with E-state index in [1.165, 1.54) is 0 Å². The number of halogens is 1. The van der Waals surface area contributed by atoms with Crippen molar-refractivity contribution in [2.75, 3.05) is 18.5 Å². The van der Waals surface area contributed by atoms with E-state index in [1.807, 2.05) is 60.8 Å². The average Bonchev–Trinajstić information content (AvgIpc) is 3.11. The zero-order chi connectivity index (χ0) is 17.6. The molecule has 0 spiro atoms. The number of aromatic nitrogens is 1. The van der Waals surface area contributed by atoms with E-state index in [4.69, 9.17) is 16.3 Å². The molecule has 1 N–H and O–H groups in total. The molecule has 3 rings (SSSR count). The number of nitrogens with one attached hydrogen (secondary N) is 1. The van der Waals surface area contributed by atoms with E-state index in [-0.39, 0.29) is 12.5 Å². The van der Waals surface area contributed by atoms with Crippen LogP contribution in [0.3, 0.4) is 0 Å². The zero-order valence-corrected chi connectivity index (χ0v) is 15.2. The van der Waals surface area contributed by atoms with E-state index in [1.54, 1.807) is 11.3 Å². The standard InChI is InChI=1S/C19H17ClN2O2S/c1-2-24-11-18(23)21-16-5-3-4-14(10-16)17-12-25-19(22-17)13-6-8-15(20)9-7-13/h3-10,12H,2,11H2,1H3,(H,21,23). The van der Waals surface area contributed by atoms with E-state index in [0.29, 0.717) is 11.6 Å². The van der Waals surface area contributed by atoms with E-state index >= 15 is 0 Å². The monoisotopic (exact) mass is 372 g/mol. The Kier molecular flexibility index (Phi) is 5.81. The van der Waals surface area contributed by atoms with Crippen LogP contribution in [-0.2, 0) is 9.53 Å². The Morgan fingerprint density at radius 2 is 2.00 bits per heavy atom. The highest BCUT2D eigenvalue weighted by Gasteiger charge is 2.08. The van der Waals surface area contributed by atoms with E-state index < -0.39 is 0 Å².